The van der Waals surface area contributed by atoms with E-state index in [0.717, 1.165) is 36.5 Å². The van der Waals surface area contributed by atoms with Crippen molar-refractivity contribution >= 4 is 11.0 Å². The minimum absolute atomic E-state index is 0.753. The van der Waals surface area contributed by atoms with Gasteiger partial charge in [0.25, 0.3) is 0 Å². The maximum atomic E-state index is 5.44. The van der Waals surface area contributed by atoms with E-state index in [1.807, 2.05) is 18.2 Å². The number of benzene rings is 1. The average molecular weight is 240 g/mol. The van der Waals surface area contributed by atoms with Crippen molar-refractivity contribution in [2.24, 2.45) is 0 Å². The second-order valence-electron chi connectivity index (χ2n) is 4.43. The molecule has 1 aromatic carbocycles. The fourth-order valence-electron chi connectivity index (χ4n) is 2.27. The smallest absolute Gasteiger partial charge is 0.123 e. The number of nitrogens with zero attached hydrogens (tertiary/aromatic N) is 2. The second kappa shape index (κ2) is 4.69. The molecule has 0 fully saturated rings. The van der Waals surface area contributed by atoms with Crippen molar-refractivity contribution in [3.05, 3.63) is 54.2 Å². The fraction of sp³-hybridized carbons (Fsp3) is 0.267. The van der Waals surface area contributed by atoms with Gasteiger partial charge in [0.2, 0.25) is 0 Å². The predicted molar refractivity (Wildman–Crippen MR) is 71.5 cm³/mol. The van der Waals surface area contributed by atoms with E-state index in [1.165, 1.54) is 5.52 Å². The van der Waals surface area contributed by atoms with Crippen LogP contribution in [0, 0.1) is 0 Å². The standard InChI is InChI=1S/C15H16N2O/c1-2-6-15-16-13-8-3-4-9-14(13)17(15)11-12-7-5-10-18-12/h3-5,7-10H,2,6,11H2,1H3. The molecule has 0 unspecified atom stereocenters. The van der Waals surface area contributed by atoms with Crippen molar-refractivity contribution < 1.29 is 4.42 Å². The molecule has 0 aliphatic rings. The first-order valence-electron chi connectivity index (χ1n) is 6.35. The number of para-hydroxylation sites is 2. The normalized spacial score (nSPS) is 11.2. The fourth-order valence-corrected chi connectivity index (χ4v) is 2.27. The van der Waals surface area contributed by atoms with Gasteiger partial charge in [-0.25, -0.2) is 4.98 Å². The van der Waals surface area contributed by atoms with Gasteiger partial charge in [-0.2, -0.15) is 0 Å². The number of hydrogen-bond donors (Lipinski definition) is 0. The number of imidazole rings is 1. The van der Waals surface area contributed by atoms with E-state index in [4.69, 9.17) is 9.40 Å². The Morgan fingerprint density at radius 1 is 1.17 bits per heavy atom. The van der Waals surface area contributed by atoms with Gasteiger partial charge in [-0.1, -0.05) is 19.1 Å². The first-order valence-corrected chi connectivity index (χ1v) is 6.35. The minimum atomic E-state index is 0.753. The molecule has 18 heavy (non-hydrogen) atoms. The van der Waals surface area contributed by atoms with Gasteiger partial charge in [0, 0.05) is 6.42 Å². The molecule has 0 saturated carbocycles. The molecule has 0 aliphatic carbocycles. The average Bonchev–Trinajstić information content (AvgIpc) is 3.00. The highest BCUT2D eigenvalue weighted by atomic mass is 16.3. The van der Waals surface area contributed by atoms with Crippen LogP contribution in [-0.2, 0) is 13.0 Å². The third-order valence-electron chi connectivity index (χ3n) is 3.10. The van der Waals surface area contributed by atoms with E-state index >= 15 is 0 Å². The highest BCUT2D eigenvalue weighted by Gasteiger charge is 2.10. The Hall–Kier alpha value is -2.03. The van der Waals surface area contributed by atoms with Crippen LogP contribution in [-0.4, -0.2) is 9.55 Å². The summed E-state index contributed by atoms with van der Waals surface area (Å²) in [6, 6.07) is 12.2. The van der Waals surface area contributed by atoms with Gasteiger partial charge in [-0.05, 0) is 30.7 Å². The maximum Gasteiger partial charge on any atom is 0.123 e. The van der Waals surface area contributed by atoms with Gasteiger partial charge >= 0.3 is 0 Å². The quantitative estimate of drug-likeness (QED) is 0.697. The number of hydrogen-bond acceptors (Lipinski definition) is 2. The van der Waals surface area contributed by atoms with Crippen LogP contribution in [0.4, 0.5) is 0 Å². The molecule has 0 atom stereocenters. The summed E-state index contributed by atoms with van der Waals surface area (Å²) in [6.07, 6.45) is 3.81. The van der Waals surface area contributed by atoms with E-state index in [0.29, 0.717) is 0 Å². The molecule has 2 aromatic heterocycles. The van der Waals surface area contributed by atoms with Crippen molar-refractivity contribution in [2.75, 3.05) is 0 Å². The van der Waals surface area contributed by atoms with E-state index in [-0.39, 0.29) is 0 Å². The number of furan rings is 1. The Balaban J connectivity index is 2.09. The lowest BCUT2D eigenvalue weighted by atomic mass is 10.3. The lowest BCUT2D eigenvalue weighted by Gasteiger charge is -2.06. The van der Waals surface area contributed by atoms with Crippen LogP contribution < -0.4 is 0 Å². The molecule has 0 spiro atoms. The van der Waals surface area contributed by atoms with Crippen LogP contribution in [0.1, 0.15) is 24.9 Å². The minimum Gasteiger partial charge on any atom is -0.467 e. The molecule has 3 nitrogen and oxygen atoms in total. The topological polar surface area (TPSA) is 31.0 Å². The summed E-state index contributed by atoms with van der Waals surface area (Å²) < 4.78 is 7.69. The molecule has 0 bridgehead atoms. The molecular weight excluding hydrogens is 224 g/mol. The zero-order chi connectivity index (χ0) is 12.4. The van der Waals surface area contributed by atoms with Gasteiger partial charge < -0.3 is 8.98 Å². The highest BCUT2D eigenvalue weighted by molar-refractivity contribution is 5.76. The summed E-state index contributed by atoms with van der Waals surface area (Å²) in [4.78, 5) is 4.70. The summed E-state index contributed by atoms with van der Waals surface area (Å²) in [5.41, 5.74) is 2.24. The Bertz CT molecular complexity index is 638. The Morgan fingerprint density at radius 3 is 2.83 bits per heavy atom. The summed E-state index contributed by atoms with van der Waals surface area (Å²) in [5.74, 6) is 2.10. The summed E-state index contributed by atoms with van der Waals surface area (Å²) in [7, 11) is 0. The van der Waals surface area contributed by atoms with E-state index in [1.54, 1.807) is 6.26 Å². The van der Waals surface area contributed by atoms with Gasteiger partial charge in [0.1, 0.15) is 11.6 Å². The van der Waals surface area contributed by atoms with Gasteiger partial charge in [-0.15, -0.1) is 0 Å². The molecule has 3 heteroatoms. The highest BCUT2D eigenvalue weighted by Crippen LogP contribution is 2.19. The van der Waals surface area contributed by atoms with Crippen molar-refractivity contribution in [1.82, 2.24) is 9.55 Å². The molecule has 0 aliphatic heterocycles. The van der Waals surface area contributed by atoms with Crippen molar-refractivity contribution in [1.29, 1.82) is 0 Å². The SMILES string of the molecule is CCCc1nc2ccccc2n1Cc1ccco1. The second-order valence-corrected chi connectivity index (χ2v) is 4.43. The molecule has 0 amide bonds. The molecule has 3 aromatic rings. The summed E-state index contributed by atoms with van der Waals surface area (Å²) >= 11 is 0. The van der Waals surface area contributed by atoms with E-state index in [9.17, 15) is 0 Å². The molecule has 2 heterocycles. The third kappa shape index (κ3) is 1.92. The predicted octanol–water partition coefficient (Wildman–Crippen LogP) is 3.63. The lowest BCUT2D eigenvalue weighted by molar-refractivity contribution is 0.491. The first kappa shape index (κ1) is 11.1. The maximum absolute atomic E-state index is 5.44. The van der Waals surface area contributed by atoms with E-state index in [2.05, 4.69) is 29.7 Å². The number of rotatable bonds is 4. The van der Waals surface area contributed by atoms with Gasteiger partial charge in [0.05, 0.1) is 23.8 Å². The summed E-state index contributed by atoms with van der Waals surface area (Å²) in [6.45, 7) is 2.93. The van der Waals surface area contributed by atoms with Crippen LogP contribution in [0.3, 0.4) is 0 Å². The summed E-state index contributed by atoms with van der Waals surface area (Å²) in [5, 5.41) is 0. The largest absolute Gasteiger partial charge is 0.467 e. The lowest BCUT2D eigenvalue weighted by Crippen LogP contribution is -2.04. The molecule has 0 N–H and O–H groups in total. The van der Waals surface area contributed by atoms with E-state index < -0.39 is 0 Å². The van der Waals surface area contributed by atoms with Crippen molar-refractivity contribution in [3.8, 4) is 0 Å². The molecule has 3 rings (SSSR count). The zero-order valence-electron chi connectivity index (χ0n) is 10.5. The van der Waals surface area contributed by atoms with Crippen LogP contribution in [0.15, 0.2) is 47.1 Å². The van der Waals surface area contributed by atoms with Crippen LogP contribution in [0.25, 0.3) is 11.0 Å². The molecular formula is C15H16N2O. The number of fused-ring (bicyclic) bond motifs is 1. The van der Waals surface area contributed by atoms with Crippen molar-refractivity contribution in [2.45, 2.75) is 26.3 Å². The molecule has 92 valence electrons. The van der Waals surface area contributed by atoms with Gasteiger partial charge in [-0.3, -0.25) is 0 Å². The number of aromatic nitrogens is 2. The Morgan fingerprint density at radius 2 is 2.06 bits per heavy atom. The van der Waals surface area contributed by atoms with Crippen LogP contribution in [0.5, 0.6) is 0 Å². The Labute approximate surface area is 106 Å². The third-order valence-corrected chi connectivity index (χ3v) is 3.10. The molecule has 0 radical (unpaired) electrons. The van der Waals surface area contributed by atoms with Crippen LogP contribution >= 0.6 is 0 Å². The molecule has 0 saturated heterocycles. The number of aryl methyl sites for hydroxylation is 1. The monoisotopic (exact) mass is 240 g/mol. The Kier molecular flexibility index (Phi) is 2.89. The van der Waals surface area contributed by atoms with Gasteiger partial charge in [0.15, 0.2) is 0 Å². The zero-order valence-corrected chi connectivity index (χ0v) is 10.5. The first-order chi connectivity index (χ1) is 8.88. The van der Waals surface area contributed by atoms with Crippen LogP contribution in [0.2, 0.25) is 0 Å². The van der Waals surface area contributed by atoms with Crippen molar-refractivity contribution in [3.63, 3.8) is 0 Å².